The van der Waals surface area contributed by atoms with Gasteiger partial charge >= 0.3 is 11.9 Å². The smallest absolute Gasteiger partial charge is 0.335 e. The molecule has 0 saturated carbocycles. The van der Waals surface area contributed by atoms with Gasteiger partial charge in [-0.3, -0.25) is 0 Å². The van der Waals surface area contributed by atoms with Crippen LogP contribution < -0.4 is 14.4 Å². The van der Waals surface area contributed by atoms with E-state index >= 15 is 0 Å². The van der Waals surface area contributed by atoms with Crippen molar-refractivity contribution in [1.82, 2.24) is 0 Å². The first kappa shape index (κ1) is 32.1. The summed E-state index contributed by atoms with van der Waals surface area (Å²) in [5.41, 5.74) is 12.3. The van der Waals surface area contributed by atoms with E-state index < -0.39 is 11.9 Å². The Kier molecular flexibility index (Phi) is 8.48. The van der Waals surface area contributed by atoms with Gasteiger partial charge in [0.15, 0.2) is 0 Å². The van der Waals surface area contributed by atoms with E-state index in [2.05, 4.69) is 123 Å². The van der Waals surface area contributed by atoms with Crippen LogP contribution in [-0.4, -0.2) is 11.9 Å². The van der Waals surface area contributed by atoms with Crippen molar-refractivity contribution < 1.29 is 19.1 Å². The van der Waals surface area contributed by atoms with Gasteiger partial charge in [-0.2, -0.15) is 0 Å². The fourth-order valence-electron chi connectivity index (χ4n) is 6.65. The summed E-state index contributed by atoms with van der Waals surface area (Å²) < 4.78 is 10.5. The largest absolute Gasteiger partial charge is 0.423 e. The second-order valence-electron chi connectivity index (χ2n) is 12.6. The number of hydrogen-bond donors (Lipinski definition) is 0. The molecule has 5 heteroatoms. The van der Waals surface area contributed by atoms with Crippen LogP contribution >= 0.6 is 0 Å². The first-order valence-corrected chi connectivity index (χ1v) is 16.4. The van der Waals surface area contributed by atoms with Gasteiger partial charge in [-0.05, 0) is 105 Å². The van der Waals surface area contributed by atoms with Crippen molar-refractivity contribution in [3.05, 3.63) is 176 Å². The quantitative estimate of drug-likeness (QED) is 0.0883. The first-order valence-electron chi connectivity index (χ1n) is 16.4. The van der Waals surface area contributed by atoms with E-state index in [1.807, 2.05) is 24.3 Å². The summed E-state index contributed by atoms with van der Waals surface area (Å²) in [6.45, 7) is 11.5. The number of rotatable bonds is 9. The third kappa shape index (κ3) is 6.13. The normalized spacial score (nSPS) is 12.3. The molecule has 0 unspecified atom stereocenters. The average Bonchev–Trinajstić information content (AvgIpc) is 3.38. The SMILES string of the molecule is C=CC(=O)Oc1ccc(-c2ccc(N(c3ccc(-c4ccc(OC(=O)C=C)cc4)cc3)c3ccc4c(c3)-c3ccccc3C4(C)C)cc2)cc1. The van der Waals surface area contributed by atoms with Crippen molar-refractivity contribution in [3.63, 3.8) is 0 Å². The molecule has 0 amide bonds. The van der Waals surface area contributed by atoms with Crippen LogP contribution in [0.25, 0.3) is 33.4 Å². The second-order valence-corrected chi connectivity index (χ2v) is 12.6. The van der Waals surface area contributed by atoms with Crippen molar-refractivity contribution in [2.45, 2.75) is 19.3 Å². The maximum atomic E-state index is 11.6. The van der Waals surface area contributed by atoms with E-state index in [0.29, 0.717) is 11.5 Å². The van der Waals surface area contributed by atoms with Gasteiger partial charge in [0.2, 0.25) is 0 Å². The molecule has 7 rings (SSSR count). The Morgan fingerprint density at radius 3 is 1.38 bits per heavy atom. The zero-order valence-corrected chi connectivity index (χ0v) is 27.9. The van der Waals surface area contributed by atoms with Crippen LogP contribution in [0.5, 0.6) is 11.5 Å². The van der Waals surface area contributed by atoms with Gasteiger partial charge in [0, 0.05) is 34.6 Å². The minimum Gasteiger partial charge on any atom is -0.423 e. The van der Waals surface area contributed by atoms with Crippen molar-refractivity contribution in [2.24, 2.45) is 0 Å². The third-order valence-electron chi connectivity index (χ3n) is 9.22. The number of hydrogen-bond acceptors (Lipinski definition) is 5. The monoisotopic (exact) mass is 653 g/mol. The highest BCUT2D eigenvalue weighted by Crippen LogP contribution is 2.50. The lowest BCUT2D eigenvalue weighted by Crippen LogP contribution is -2.15. The summed E-state index contributed by atoms with van der Waals surface area (Å²) in [6.07, 6.45) is 2.30. The predicted molar refractivity (Wildman–Crippen MR) is 201 cm³/mol. The van der Waals surface area contributed by atoms with Crippen molar-refractivity contribution >= 4 is 29.0 Å². The van der Waals surface area contributed by atoms with Gasteiger partial charge in [-0.1, -0.05) is 106 Å². The number of ether oxygens (including phenoxy) is 2. The maximum absolute atomic E-state index is 11.6. The molecule has 0 radical (unpaired) electrons. The van der Waals surface area contributed by atoms with Crippen LogP contribution in [0.2, 0.25) is 0 Å². The predicted octanol–water partition coefficient (Wildman–Crippen LogP) is 11.0. The summed E-state index contributed by atoms with van der Waals surface area (Å²) >= 11 is 0. The second kappa shape index (κ2) is 13.2. The van der Waals surface area contributed by atoms with E-state index in [-0.39, 0.29) is 5.41 Å². The molecule has 0 aromatic heterocycles. The molecule has 1 aliphatic carbocycles. The van der Waals surface area contributed by atoms with Crippen LogP contribution in [0.1, 0.15) is 25.0 Å². The molecule has 0 saturated heterocycles. The molecule has 50 heavy (non-hydrogen) atoms. The van der Waals surface area contributed by atoms with Gasteiger partial charge in [-0.15, -0.1) is 0 Å². The average molecular weight is 654 g/mol. The molecule has 0 aliphatic heterocycles. The lowest BCUT2D eigenvalue weighted by atomic mass is 9.82. The number of esters is 2. The Morgan fingerprint density at radius 2 is 0.920 bits per heavy atom. The molecule has 6 aromatic carbocycles. The number of benzene rings is 6. The fourth-order valence-corrected chi connectivity index (χ4v) is 6.65. The summed E-state index contributed by atoms with van der Waals surface area (Å²) in [6, 6.07) is 47.3. The number of nitrogens with zero attached hydrogens (tertiary/aromatic N) is 1. The summed E-state index contributed by atoms with van der Waals surface area (Å²) in [5, 5.41) is 0. The topological polar surface area (TPSA) is 55.8 Å². The molecular formula is C45H35NO4. The lowest BCUT2D eigenvalue weighted by molar-refractivity contribution is -0.129. The first-order chi connectivity index (χ1) is 24.2. The maximum Gasteiger partial charge on any atom is 0.335 e. The molecule has 0 bridgehead atoms. The summed E-state index contributed by atoms with van der Waals surface area (Å²) in [4.78, 5) is 25.5. The van der Waals surface area contributed by atoms with Crippen molar-refractivity contribution in [2.75, 3.05) is 4.90 Å². The molecule has 0 spiro atoms. The van der Waals surface area contributed by atoms with E-state index in [0.717, 1.165) is 51.5 Å². The Hall–Kier alpha value is -6.46. The van der Waals surface area contributed by atoms with Gasteiger partial charge < -0.3 is 14.4 Å². The highest BCUT2D eigenvalue weighted by molar-refractivity contribution is 5.88. The van der Waals surface area contributed by atoms with Crippen LogP contribution in [0.15, 0.2) is 165 Å². The van der Waals surface area contributed by atoms with Gasteiger partial charge in [-0.25, -0.2) is 9.59 Å². The van der Waals surface area contributed by atoms with Crippen molar-refractivity contribution in [1.29, 1.82) is 0 Å². The number of carbonyl (C=O) groups is 2. The highest BCUT2D eigenvalue weighted by Gasteiger charge is 2.35. The zero-order valence-electron chi connectivity index (χ0n) is 27.9. The van der Waals surface area contributed by atoms with Crippen LogP contribution in [0.3, 0.4) is 0 Å². The molecule has 6 aromatic rings. The lowest BCUT2D eigenvalue weighted by Gasteiger charge is -2.27. The molecule has 0 N–H and O–H groups in total. The number of fused-ring (bicyclic) bond motifs is 3. The molecule has 5 nitrogen and oxygen atoms in total. The molecular weight excluding hydrogens is 618 g/mol. The zero-order chi connectivity index (χ0) is 34.8. The minimum absolute atomic E-state index is 0.0856. The highest BCUT2D eigenvalue weighted by atomic mass is 16.5. The van der Waals surface area contributed by atoms with Gasteiger partial charge in [0.1, 0.15) is 11.5 Å². The molecule has 1 aliphatic rings. The fraction of sp³-hybridized carbons (Fsp3) is 0.0667. The Labute approximate surface area is 292 Å². The Morgan fingerprint density at radius 1 is 0.520 bits per heavy atom. The Balaban J connectivity index is 1.25. The van der Waals surface area contributed by atoms with E-state index in [1.165, 1.54) is 22.3 Å². The van der Waals surface area contributed by atoms with Crippen molar-refractivity contribution in [3.8, 4) is 44.9 Å². The van der Waals surface area contributed by atoms with E-state index in [9.17, 15) is 9.59 Å². The third-order valence-corrected chi connectivity index (χ3v) is 9.22. The standard InChI is InChI=1S/C45H35NO4/c1-5-43(47)49-37-24-15-32(16-25-37)30-11-19-34(20-12-30)46(36-23-28-42-40(29-36)39-9-7-8-10-41(39)45(42,3)4)35-21-13-31(14-22-35)33-17-26-38(27-18-33)50-44(48)6-2/h5-29H,1-2H2,3-4H3. The van der Waals surface area contributed by atoms with E-state index in [1.54, 1.807) is 24.3 Å². The molecule has 0 fully saturated rings. The van der Waals surface area contributed by atoms with Gasteiger partial charge in [0.25, 0.3) is 0 Å². The van der Waals surface area contributed by atoms with Crippen LogP contribution in [0.4, 0.5) is 17.1 Å². The summed E-state index contributed by atoms with van der Waals surface area (Å²) in [7, 11) is 0. The molecule has 0 heterocycles. The minimum atomic E-state index is -0.488. The van der Waals surface area contributed by atoms with Crippen LogP contribution in [0, 0.1) is 0 Å². The molecule has 0 atom stereocenters. The van der Waals surface area contributed by atoms with Crippen LogP contribution in [-0.2, 0) is 15.0 Å². The van der Waals surface area contributed by atoms with E-state index in [4.69, 9.17) is 9.47 Å². The summed E-state index contributed by atoms with van der Waals surface area (Å²) in [5.74, 6) is -0.0341. The number of anilines is 3. The Bertz CT molecular complexity index is 2120. The molecule has 244 valence electrons. The van der Waals surface area contributed by atoms with Gasteiger partial charge in [0.05, 0.1) is 0 Å². The number of carbonyl (C=O) groups excluding carboxylic acids is 2.